The topological polar surface area (TPSA) is 32.3 Å². The van der Waals surface area contributed by atoms with Crippen molar-refractivity contribution < 1.29 is 0 Å². The fourth-order valence-electron chi connectivity index (χ4n) is 3.38. The summed E-state index contributed by atoms with van der Waals surface area (Å²) in [7, 11) is 0. The second-order valence-electron chi connectivity index (χ2n) is 6.05. The summed E-state index contributed by atoms with van der Waals surface area (Å²) in [6.07, 6.45) is 5.35. The summed E-state index contributed by atoms with van der Waals surface area (Å²) < 4.78 is 0. The van der Waals surface area contributed by atoms with Gasteiger partial charge in [-0.15, -0.1) is 10.2 Å². The number of nitrogens with zero attached hydrogens (tertiary/aromatic N) is 4. The van der Waals surface area contributed by atoms with Gasteiger partial charge in [0.1, 0.15) is 0 Å². The molecule has 1 aromatic rings. The molecular weight excluding hydrogens is 272 g/mol. The first-order valence-corrected chi connectivity index (χ1v) is 8.03. The minimum Gasteiger partial charge on any atom is -0.353 e. The Morgan fingerprint density at radius 3 is 2.50 bits per heavy atom. The summed E-state index contributed by atoms with van der Waals surface area (Å²) >= 11 is 6.04. The molecule has 0 saturated carbocycles. The van der Waals surface area contributed by atoms with E-state index in [4.69, 9.17) is 11.6 Å². The SMILES string of the molecule is Cc1c(Cl)nnc(N2CCC(N3CCCCC3)C2)c1C. The Balaban J connectivity index is 1.72. The van der Waals surface area contributed by atoms with Crippen molar-refractivity contribution in [3.8, 4) is 0 Å². The van der Waals surface area contributed by atoms with Gasteiger partial charge in [0.05, 0.1) is 0 Å². The lowest BCUT2D eigenvalue weighted by molar-refractivity contribution is 0.174. The number of anilines is 1. The van der Waals surface area contributed by atoms with E-state index in [0.29, 0.717) is 11.2 Å². The Morgan fingerprint density at radius 2 is 1.75 bits per heavy atom. The molecule has 0 amide bonds. The summed E-state index contributed by atoms with van der Waals surface area (Å²) in [5.74, 6) is 1.02. The van der Waals surface area contributed by atoms with E-state index in [-0.39, 0.29) is 0 Å². The van der Waals surface area contributed by atoms with Gasteiger partial charge in [-0.05, 0) is 57.3 Å². The van der Waals surface area contributed by atoms with Gasteiger partial charge < -0.3 is 4.90 Å². The van der Waals surface area contributed by atoms with E-state index in [1.807, 2.05) is 6.92 Å². The van der Waals surface area contributed by atoms with E-state index in [2.05, 4.69) is 26.9 Å². The molecule has 2 aliphatic heterocycles. The number of hydrogen-bond acceptors (Lipinski definition) is 4. The molecule has 0 bridgehead atoms. The zero-order valence-corrected chi connectivity index (χ0v) is 13.2. The Kier molecular flexibility index (Phi) is 4.13. The quantitative estimate of drug-likeness (QED) is 0.839. The van der Waals surface area contributed by atoms with Crippen molar-refractivity contribution in [3.05, 3.63) is 16.3 Å². The molecule has 0 aromatic carbocycles. The Labute approximate surface area is 126 Å². The van der Waals surface area contributed by atoms with Gasteiger partial charge in [0, 0.05) is 19.1 Å². The smallest absolute Gasteiger partial charge is 0.155 e. The predicted octanol–water partition coefficient (Wildman–Crippen LogP) is 2.81. The van der Waals surface area contributed by atoms with Gasteiger partial charge in [-0.25, -0.2) is 0 Å². The van der Waals surface area contributed by atoms with Crippen LogP contribution in [0.4, 0.5) is 5.82 Å². The van der Waals surface area contributed by atoms with E-state index < -0.39 is 0 Å². The molecule has 5 heteroatoms. The van der Waals surface area contributed by atoms with Gasteiger partial charge >= 0.3 is 0 Å². The zero-order chi connectivity index (χ0) is 14.1. The molecule has 2 fully saturated rings. The van der Waals surface area contributed by atoms with Crippen LogP contribution in [0.15, 0.2) is 0 Å². The van der Waals surface area contributed by atoms with Crippen molar-refractivity contribution in [2.24, 2.45) is 0 Å². The molecule has 1 aromatic heterocycles. The van der Waals surface area contributed by atoms with Crippen LogP contribution in [0, 0.1) is 13.8 Å². The van der Waals surface area contributed by atoms with Crippen molar-refractivity contribution >= 4 is 17.4 Å². The molecule has 3 heterocycles. The van der Waals surface area contributed by atoms with Crippen LogP contribution in [0.25, 0.3) is 0 Å². The van der Waals surface area contributed by atoms with Gasteiger partial charge in [-0.2, -0.15) is 0 Å². The van der Waals surface area contributed by atoms with E-state index >= 15 is 0 Å². The van der Waals surface area contributed by atoms with Crippen molar-refractivity contribution in [1.29, 1.82) is 0 Å². The first kappa shape index (κ1) is 14.1. The van der Waals surface area contributed by atoms with Crippen LogP contribution < -0.4 is 4.90 Å². The molecule has 0 spiro atoms. The molecule has 4 nitrogen and oxygen atoms in total. The first-order valence-electron chi connectivity index (χ1n) is 7.65. The lowest BCUT2D eigenvalue weighted by atomic mass is 10.1. The Hall–Kier alpha value is -0.870. The van der Waals surface area contributed by atoms with Crippen molar-refractivity contribution in [3.63, 3.8) is 0 Å². The third kappa shape index (κ3) is 2.63. The second kappa shape index (κ2) is 5.86. The molecule has 1 unspecified atom stereocenters. The van der Waals surface area contributed by atoms with Crippen molar-refractivity contribution in [2.75, 3.05) is 31.1 Å². The van der Waals surface area contributed by atoms with Crippen LogP contribution in [-0.4, -0.2) is 47.3 Å². The van der Waals surface area contributed by atoms with E-state index in [9.17, 15) is 0 Å². The molecule has 110 valence electrons. The fourth-order valence-corrected chi connectivity index (χ4v) is 3.56. The fraction of sp³-hybridized carbons (Fsp3) is 0.733. The molecule has 20 heavy (non-hydrogen) atoms. The average Bonchev–Trinajstić information content (AvgIpc) is 2.95. The van der Waals surface area contributed by atoms with Crippen LogP contribution in [0.5, 0.6) is 0 Å². The van der Waals surface area contributed by atoms with Crippen LogP contribution in [0.2, 0.25) is 5.15 Å². The maximum absolute atomic E-state index is 6.04. The molecule has 0 radical (unpaired) electrons. The molecular formula is C15H23ClN4. The highest BCUT2D eigenvalue weighted by atomic mass is 35.5. The largest absolute Gasteiger partial charge is 0.353 e. The highest BCUT2D eigenvalue weighted by molar-refractivity contribution is 6.30. The standard InChI is InChI=1S/C15H23ClN4/c1-11-12(2)15(18-17-14(11)16)20-9-6-13(10-20)19-7-4-3-5-8-19/h13H,3-10H2,1-2H3. The molecule has 0 aliphatic carbocycles. The van der Waals surface area contributed by atoms with Crippen LogP contribution in [0.3, 0.4) is 0 Å². The number of rotatable bonds is 2. The molecule has 2 aliphatic rings. The van der Waals surface area contributed by atoms with Crippen molar-refractivity contribution in [2.45, 2.75) is 45.6 Å². The van der Waals surface area contributed by atoms with Gasteiger partial charge in [-0.1, -0.05) is 18.0 Å². The van der Waals surface area contributed by atoms with Gasteiger partial charge in [0.15, 0.2) is 11.0 Å². The van der Waals surface area contributed by atoms with Gasteiger partial charge in [-0.3, -0.25) is 4.90 Å². The highest BCUT2D eigenvalue weighted by Gasteiger charge is 2.30. The number of aromatic nitrogens is 2. The number of hydrogen-bond donors (Lipinski definition) is 0. The summed E-state index contributed by atoms with van der Waals surface area (Å²) in [6.45, 7) is 8.81. The number of likely N-dealkylation sites (tertiary alicyclic amines) is 1. The Bertz CT molecular complexity index is 485. The minimum atomic E-state index is 0.526. The molecule has 2 saturated heterocycles. The van der Waals surface area contributed by atoms with E-state index in [1.54, 1.807) is 0 Å². The monoisotopic (exact) mass is 294 g/mol. The maximum atomic E-state index is 6.04. The summed E-state index contributed by atoms with van der Waals surface area (Å²) in [5.41, 5.74) is 2.22. The third-order valence-electron chi connectivity index (χ3n) is 4.81. The average molecular weight is 295 g/mol. The predicted molar refractivity (Wildman–Crippen MR) is 82.6 cm³/mol. The second-order valence-corrected chi connectivity index (χ2v) is 6.41. The normalized spacial score (nSPS) is 24.4. The lowest BCUT2D eigenvalue weighted by Gasteiger charge is -2.32. The van der Waals surface area contributed by atoms with Gasteiger partial charge in [0.25, 0.3) is 0 Å². The highest BCUT2D eigenvalue weighted by Crippen LogP contribution is 2.28. The Morgan fingerprint density at radius 1 is 1.00 bits per heavy atom. The van der Waals surface area contributed by atoms with Crippen LogP contribution >= 0.6 is 11.6 Å². The van der Waals surface area contributed by atoms with Crippen LogP contribution in [0.1, 0.15) is 36.8 Å². The molecule has 0 N–H and O–H groups in total. The first-order chi connectivity index (χ1) is 9.66. The molecule has 3 rings (SSSR count). The summed E-state index contributed by atoms with van der Waals surface area (Å²) in [6, 6.07) is 0.687. The van der Waals surface area contributed by atoms with Crippen molar-refractivity contribution in [1.82, 2.24) is 15.1 Å². The third-order valence-corrected chi connectivity index (χ3v) is 5.17. The maximum Gasteiger partial charge on any atom is 0.155 e. The van der Waals surface area contributed by atoms with E-state index in [1.165, 1.54) is 44.3 Å². The minimum absolute atomic E-state index is 0.526. The summed E-state index contributed by atoms with van der Waals surface area (Å²) in [5, 5.41) is 8.93. The van der Waals surface area contributed by atoms with Gasteiger partial charge in [0.2, 0.25) is 0 Å². The van der Waals surface area contributed by atoms with Crippen LogP contribution in [-0.2, 0) is 0 Å². The molecule has 1 atom stereocenters. The lowest BCUT2D eigenvalue weighted by Crippen LogP contribution is -2.41. The summed E-state index contributed by atoms with van der Waals surface area (Å²) in [4.78, 5) is 5.04. The zero-order valence-electron chi connectivity index (χ0n) is 12.4. The number of piperidine rings is 1. The number of halogens is 1. The van der Waals surface area contributed by atoms with E-state index in [0.717, 1.165) is 24.5 Å².